The Bertz CT molecular complexity index is 945. The van der Waals surface area contributed by atoms with Gasteiger partial charge in [0.05, 0.1) is 0 Å². The molecule has 29 heavy (non-hydrogen) atoms. The molecule has 0 aliphatic heterocycles. The molecule has 0 atom stereocenters. The summed E-state index contributed by atoms with van der Waals surface area (Å²) in [6.45, 7) is 4.54. The van der Waals surface area contributed by atoms with Crippen molar-refractivity contribution in [2.45, 2.75) is 26.3 Å². The maximum Gasteiger partial charge on any atom is 0.323 e. The van der Waals surface area contributed by atoms with Crippen LogP contribution in [0, 0.1) is 0 Å². The van der Waals surface area contributed by atoms with Crippen LogP contribution in [-0.4, -0.2) is 27.6 Å². The van der Waals surface area contributed by atoms with Crippen LogP contribution in [0.2, 0.25) is 5.02 Å². The number of hydrogen-bond acceptors (Lipinski definition) is 4. The number of carboxylic acids is 1. The van der Waals surface area contributed by atoms with Crippen molar-refractivity contribution in [2.75, 3.05) is 11.4 Å². The average molecular weight is 432 g/mol. The van der Waals surface area contributed by atoms with Crippen molar-refractivity contribution in [1.29, 1.82) is 0 Å². The van der Waals surface area contributed by atoms with Crippen LogP contribution >= 0.6 is 24.0 Å². The van der Waals surface area contributed by atoms with Crippen molar-refractivity contribution in [3.63, 3.8) is 0 Å². The summed E-state index contributed by atoms with van der Waals surface area (Å²) in [5.41, 5.74) is 3.09. The van der Waals surface area contributed by atoms with Crippen LogP contribution in [0.4, 0.5) is 5.82 Å². The van der Waals surface area contributed by atoms with Crippen LogP contribution in [0.5, 0.6) is 0 Å². The highest BCUT2D eigenvalue weighted by Gasteiger charge is 2.14. The molecule has 2 aromatic carbocycles. The second kappa shape index (κ2) is 10.2. The van der Waals surface area contributed by atoms with E-state index < -0.39 is 5.97 Å². The summed E-state index contributed by atoms with van der Waals surface area (Å²) in [6.07, 6.45) is 1.66. The molecule has 0 aliphatic rings. The van der Waals surface area contributed by atoms with E-state index in [-0.39, 0.29) is 19.0 Å². The number of carbonyl (C=O) groups is 1. The van der Waals surface area contributed by atoms with E-state index in [4.69, 9.17) is 11.6 Å². The second-order valence-corrected chi connectivity index (χ2v) is 7.33. The highest BCUT2D eigenvalue weighted by Crippen LogP contribution is 2.23. The van der Waals surface area contributed by atoms with Crippen molar-refractivity contribution < 1.29 is 9.90 Å². The first kappa shape index (κ1) is 22.7. The van der Waals surface area contributed by atoms with E-state index in [1.54, 1.807) is 29.3 Å². The van der Waals surface area contributed by atoms with Gasteiger partial charge in [0.15, 0.2) is 5.82 Å². The lowest BCUT2D eigenvalue weighted by atomic mass is 10.0. The molecule has 0 amide bonds. The van der Waals surface area contributed by atoms with Crippen molar-refractivity contribution in [1.82, 2.24) is 9.97 Å². The summed E-state index contributed by atoms with van der Waals surface area (Å²) in [4.78, 5) is 22.1. The molecule has 0 radical (unpaired) electrons. The van der Waals surface area contributed by atoms with Crippen molar-refractivity contribution in [2.24, 2.45) is 0 Å². The molecule has 0 aliphatic carbocycles. The van der Waals surface area contributed by atoms with Gasteiger partial charge in [-0.2, -0.15) is 0 Å². The van der Waals surface area contributed by atoms with Crippen LogP contribution in [-0.2, 0) is 11.3 Å². The van der Waals surface area contributed by atoms with Crippen molar-refractivity contribution in [3.8, 4) is 11.4 Å². The van der Waals surface area contributed by atoms with Gasteiger partial charge in [0.2, 0.25) is 0 Å². The average Bonchev–Trinajstić information content (AvgIpc) is 2.69. The molecule has 7 heteroatoms. The lowest BCUT2D eigenvalue weighted by Gasteiger charge is -2.22. The number of carboxylic acid groups (broad SMARTS) is 1. The monoisotopic (exact) mass is 431 g/mol. The Morgan fingerprint density at radius 2 is 1.72 bits per heavy atom. The minimum Gasteiger partial charge on any atom is -0.480 e. The first-order valence-electron chi connectivity index (χ1n) is 9.07. The Kier molecular flexibility index (Phi) is 8.00. The highest BCUT2D eigenvalue weighted by molar-refractivity contribution is 6.30. The van der Waals surface area contributed by atoms with Gasteiger partial charge in [-0.1, -0.05) is 61.8 Å². The molecule has 0 saturated carbocycles. The van der Waals surface area contributed by atoms with Crippen LogP contribution in [0.3, 0.4) is 0 Å². The van der Waals surface area contributed by atoms with E-state index in [2.05, 4.69) is 35.9 Å². The number of aromatic nitrogens is 2. The van der Waals surface area contributed by atoms with E-state index in [9.17, 15) is 9.90 Å². The molecule has 3 aromatic rings. The fourth-order valence-corrected chi connectivity index (χ4v) is 3.00. The molecule has 1 heterocycles. The summed E-state index contributed by atoms with van der Waals surface area (Å²) in [5, 5.41) is 9.97. The minimum absolute atomic E-state index is 0. The molecule has 5 nitrogen and oxygen atoms in total. The van der Waals surface area contributed by atoms with Crippen molar-refractivity contribution >= 4 is 35.8 Å². The number of halogens is 2. The van der Waals surface area contributed by atoms with E-state index in [0.29, 0.717) is 29.1 Å². The maximum atomic E-state index is 11.4. The maximum absolute atomic E-state index is 11.4. The SMILES string of the molecule is CC(C)c1ccc(-c2nccc(N(CC(=O)O)Cc3ccc(Cl)cc3)n2)cc1.Cl. The van der Waals surface area contributed by atoms with Crippen LogP contribution in [0.1, 0.15) is 30.9 Å². The molecule has 1 N–H and O–H groups in total. The molecule has 0 fully saturated rings. The van der Waals surface area contributed by atoms with Gasteiger partial charge in [0.25, 0.3) is 0 Å². The zero-order valence-electron chi connectivity index (χ0n) is 16.2. The Hall–Kier alpha value is -2.63. The van der Waals surface area contributed by atoms with Gasteiger partial charge >= 0.3 is 5.97 Å². The first-order valence-corrected chi connectivity index (χ1v) is 9.44. The zero-order chi connectivity index (χ0) is 20.1. The molecule has 0 spiro atoms. The summed E-state index contributed by atoms with van der Waals surface area (Å²) in [7, 11) is 0. The third kappa shape index (κ3) is 6.17. The Morgan fingerprint density at radius 1 is 1.07 bits per heavy atom. The smallest absolute Gasteiger partial charge is 0.323 e. The quantitative estimate of drug-likeness (QED) is 0.539. The second-order valence-electron chi connectivity index (χ2n) is 6.89. The summed E-state index contributed by atoms with van der Waals surface area (Å²) >= 11 is 5.94. The normalized spacial score (nSPS) is 10.5. The minimum atomic E-state index is -0.921. The third-order valence-corrected chi connectivity index (χ3v) is 4.67. The number of nitrogens with zero attached hydrogens (tertiary/aromatic N) is 3. The predicted molar refractivity (Wildman–Crippen MR) is 119 cm³/mol. The van der Waals surface area contributed by atoms with Gasteiger partial charge in [-0.25, -0.2) is 9.97 Å². The van der Waals surface area contributed by atoms with E-state index in [1.165, 1.54) is 5.56 Å². The molecular weight excluding hydrogens is 409 g/mol. The summed E-state index contributed by atoms with van der Waals surface area (Å²) in [5.74, 6) is 0.664. The zero-order valence-corrected chi connectivity index (χ0v) is 17.8. The summed E-state index contributed by atoms with van der Waals surface area (Å²) < 4.78 is 0. The number of hydrogen-bond donors (Lipinski definition) is 1. The fraction of sp³-hybridized carbons (Fsp3) is 0.227. The fourth-order valence-electron chi connectivity index (χ4n) is 2.87. The lowest BCUT2D eigenvalue weighted by Crippen LogP contribution is -2.30. The van der Waals surface area contributed by atoms with Gasteiger partial charge in [-0.3, -0.25) is 4.79 Å². The van der Waals surface area contributed by atoms with Crippen LogP contribution in [0.15, 0.2) is 60.8 Å². The van der Waals surface area contributed by atoms with Crippen LogP contribution < -0.4 is 4.90 Å². The number of rotatable bonds is 7. The predicted octanol–water partition coefficient (Wildman–Crippen LogP) is 5.43. The Labute approximate surface area is 181 Å². The molecule has 0 unspecified atom stereocenters. The number of aliphatic carboxylic acids is 1. The molecule has 0 bridgehead atoms. The van der Waals surface area contributed by atoms with E-state index in [0.717, 1.165) is 11.1 Å². The number of benzene rings is 2. The Morgan fingerprint density at radius 3 is 2.31 bits per heavy atom. The van der Waals surface area contributed by atoms with Crippen LogP contribution in [0.25, 0.3) is 11.4 Å². The van der Waals surface area contributed by atoms with Gasteiger partial charge < -0.3 is 10.0 Å². The largest absolute Gasteiger partial charge is 0.480 e. The standard InChI is InChI=1S/C22H22ClN3O2.ClH/c1-15(2)17-5-7-18(8-6-17)22-24-12-11-20(25-22)26(14-21(27)28)13-16-3-9-19(23)10-4-16;/h3-12,15H,13-14H2,1-2H3,(H,27,28);1H. The van der Waals surface area contributed by atoms with Gasteiger partial charge in [-0.15, -0.1) is 12.4 Å². The molecule has 0 saturated heterocycles. The Balaban J connectivity index is 0.00000300. The molecule has 152 valence electrons. The first-order chi connectivity index (χ1) is 13.4. The topological polar surface area (TPSA) is 66.3 Å². The summed E-state index contributed by atoms with van der Waals surface area (Å²) in [6, 6.07) is 17.2. The van der Waals surface area contributed by atoms with Gasteiger partial charge in [0.1, 0.15) is 12.4 Å². The van der Waals surface area contributed by atoms with E-state index >= 15 is 0 Å². The van der Waals surface area contributed by atoms with Gasteiger partial charge in [-0.05, 0) is 35.2 Å². The molecule has 3 rings (SSSR count). The van der Waals surface area contributed by atoms with E-state index in [1.807, 2.05) is 24.3 Å². The number of anilines is 1. The molecule has 1 aromatic heterocycles. The van der Waals surface area contributed by atoms with Crippen molar-refractivity contribution in [3.05, 3.63) is 76.9 Å². The van der Waals surface area contributed by atoms with Gasteiger partial charge in [0, 0.05) is 23.3 Å². The molecular formula is C22H23Cl2N3O2. The highest BCUT2D eigenvalue weighted by atomic mass is 35.5. The third-order valence-electron chi connectivity index (χ3n) is 4.41. The lowest BCUT2D eigenvalue weighted by molar-refractivity contribution is -0.135.